The Bertz CT molecular complexity index is 330. The minimum absolute atomic E-state index is 0.113. The van der Waals surface area contributed by atoms with Gasteiger partial charge in [-0.1, -0.05) is 0 Å². The van der Waals surface area contributed by atoms with Crippen molar-refractivity contribution in [3.8, 4) is 0 Å². The molecule has 5 heteroatoms. The van der Waals surface area contributed by atoms with Gasteiger partial charge in [-0.15, -0.1) is 11.6 Å². The summed E-state index contributed by atoms with van der Waals surface area (Å²) in [4.78, 5) is 15.2. The Labute approximate surface area is 99.6 Å². The first-order chi connectivity index (χ1) is 7.63. The van der Waals surface area contributed by atoms with Crippen LogP contribution < -0.4 is 5.32 Å². The number of hydrogen-bond acceptors (Lipinski definition) is 3. The molecule has 0 saturated carbocycles. The molecule has 2 unspecified atom stereocenters. The third-order valence-electron chi connectivity index (χ3n) is 2.16. The van der Waals surface area contributed by atoms with Crippen molar-refractivity contribution in [3.05, 3.63) is 30.1 Å². The summed E-state index contributed by atoms with van der Waals surface area (Å²) in [5.74, 6) is -0.269. The summed E-state index contributed by atoms with van der Waals surface area (Å²) in [5, 5.41) is 11.2. The Balaban J connectivity index is 2.53. The van der Waals surface area contributed by atoms with Gasteiger partial charge in [-0.2, -0.15) is 0 Å². The maximum Gasteiger partial charge on any atom is 0.238 e. The summed E-state index contributed by atoms with van der Waals surface area (Å²) in [7, 11) is 0. The Kier molecular flexibility index (Phi) is 5.22. The lowest BCUT2D eigenvalue weighted by Gasteiger charge is -2.17. The second kappa shape index (κ2) is 6.45. The van der Waals surface area contributed by atoms with Crippen molar-refractivity contribution in [1.29, 1.82) is 0 Å². The average molecular weight is 243 g/mol. The van der Waals surface area contributed by atoms with E-state index in [0.717, 1.165) is 5.56 Å². The van der Waals surface area contributed by atoms with Crippen LogP contribution in [0.5, 0.6) is 0 Å². The smallest absolute Gasteiger partial charge is 0.238 e. The first-order valence-electron chi connectivity index (χ1n) is 5.07. The van der Waals surface area contributed by atoms with Crippen molar-refractivity contribution in [2.45, 2.75) is 24.8 Å². The molecule has 0 aliphatic carbocycles. The fourth-order valence-electron chi connectivity index (χ4n) is 1.28. The van der Waals surface area contributed by atoms with Crippen molar-refractivity contribution in [2.24, 2.45) is 0 Å². The van der Waals surface area contributed by atoms with E-state index in [9.17, 15) is 4.79 Å². The minimum Gasteiger partial charge on any atom is -0.394 e. The molecule has 1 heterocycles. The molecular formula is C11H15ClN2O2. The molecule has 0 aliphatic heterocycles. The molecule has 1 aromatic heterocycles. The second-order valence-electron chi connectivity index (χ2n) is 3.56. The van der Waals surface area contributed by atoms with Crippen LogP contribution in [0.1, 0.15) is 12.5 Å². The normalized spacial score (nSPS) is 14.2. The van der Waals surface area contributed by atoms with Gasteiger partial charge in [0.2, 0.25) is 5.91 Å². The minimum atomic E-state index is -0.591. The highest BCUT2D eigenvalue weighted by atomic mass is 35.5. The van der Waals surface area contributed by atoms with Crippen LogP contribution >= 0.6 is 11.6 Å². The standard InChI is InChI=1S/C11H15ClN2O2/c1-8(12)11(16)14-10(7-15)6-9-2-4-13-5-3-9/h2-5,8,10,15H,6-7H2,1H3,(H,14,16). The predicted octanol–water partition coefficient (Wildman–Crippen LogP) is 0.728. The Hall–Kier alpha value is -1.13. The lowest BCUT2D eigenvalue weighted by molar-refractivity contribution is -0.121. The third-order valence-corrected chi connectivity index (χ3v) is 2.36. The van der Waals surface area contributed by atoms with Gasteiger partial charge in [-0.3, -0.25) is 9.78 Å². The summed E-state index contributed by atoms with van der Waals surface area (Å²) in [6.45, 7) is 1.48. The number of carbonyl (C=O) groups excluding carboxylic acids is 1. The zero-order valence-electron chi connectivity index (χ0n) is 9.06. The van der Waals surface area contributed by atoms with Gasteiger partial charge in [0.1, 0.15) is 5.38 Å². The molecule has 16 heavy (non-hydrogen) atoms. The van der Waals surface area contributed by atoms with Gasteiger partial charge < -0.3 is 10.4 Å². The number of nitrogens with one attached hydrogen (secondary N) is 1. The van der Waals surface area contributed by atoms with E-state index in [1.54, 1.807) is 19.3 Å². The fourth-order valence-corrected chi connectivity index (χ4v) is 1.34. The highest BCUT2D eigenvalue weighted by Crippen LogP contribution is 2.02. The predicted molar refractivity (Wildman–Crippen MR) is 62.3 cm³/mol. The number of pyridine rings is 1. The molecule has 1 amide bonds. The maximum atomic E-state index is 11.3. The molecule has 1 rings (SSSR count). The van der Waals surface area contributed by atoms with Crippen LogP contribution in [0.2, 0.25) is 0 Å². The van der Waals surface area contributed by atoms with Crippen LogP contribution in [-0.4, -0.2) is 34.0 Å². The van der Waals surface area contributed by atoms with Crippen molar-refractivity contribution in [1.82, 2.24) is 10.3 Å². The van der Waals surface area contributed by atoms with Gasteiger partial charge in [0, 0.05) is 12.4 Å². The summed E-state index contributed by atoms with van der Waals surface area (Å²) in [6.07, 6.45) is 3.92. The van der Waals surface area contributed by atoms with Crippen molar-refractivity contribution in [2.75, 3.05) is 6.61 Å². The number of hydrogen-bond donors (Lipinski definition) is 2. The molecule has 0 saturated heterocycles. The summed E-state index contributed by atoms with van der Waals surface area (Å²) in [6, 6.07) is 3.38. The Morgan fingerprint density at radius 3 is 2.69 bits per heavy atom. The van der Waals surface area contributed by atoms with Crippen LogP contribution in [0.25, 0.3) is 0 Å². The molecule has 2 atom stereocenters. The van der Waals surface area contributed by atoms with E-state index < -0.39 is 5.38 Å². The Morgan fingerprint density at radius 1 is 1.56 bits per heavy atom. The molecule has 0 radical (unpaired) electrons. The molecule has 0 aliphatic rings. The maximum absolute atomic E-state index is 11.3. The van der Waals surface area contributed by atoms with E-state index in [0.29, 0.717) is 6.42 Å². The fraction of sp³-hybridized carbons (Fsp3) is 0.455. The van der Waals surface area contributed by atoms with E-state index >= 15 is 0 Å². The zero-order valence-corrected chi connectivity index (χ0v) is 9.81. The van der Waals surface area contributed by atoms with Crippen LogP contribution in [-0.2, 0) is 11.2 Å². The zero-order chi connectivity index (χ0) is 12.0. The largest absolute Gasteiger partial charge is 0.394 e. The van der Waals surface area contributed by atoms with Crippen LogP contribution in [0, 0.1) is 0 Å². The number of nitrogens with zero attached hydrogens (tertiary/aromatic N) is 1. The average Bonchev–Trinajstić information content (AvgIpc) is 2.29. The van der Waals surface area contributed by atoms with Crippen LogP contribution in [0.15, 0.2) is 24.5 Å². The van der Waals surface area contributed by atoms with E-state index in [4.69, 9.17) is 16.7 Å². The van der Waals surface area contributed by atoms with Crippen molar-refractivity contribution < 1.29 is 9.90 Å². The van der Waals surface area contributed by atoms with Gasteiger partial charge in [0.05, 0.1) is 12.6 Å². The number of halogens is 1. The van der Waals surface area contributed by atoms with Crippen molar-refractivity contribution >= 4 is 17.5 Å². The highest BCUT2D eigenvalue weighted by molar-refractivity contribution is 6.30. The van der Waals surface area contributed by atoms with Gasteiger partial charge >= 0.3 is 0 Å². The quantitative estimate of drug-likeness (QED) is 0.749. The molecule has 88 valence electrons. The lowest BCUT2D eigenvalue weighted by Crippen LogP contribution is -2.42. The van der Waals surface area contributed by atoms with Gasteiger partial charge in [0.25, 0.3) is 0 Å². The number of rotatable bonds is 5. The van der Waals surface area contributed by atoms with E-state index in [1.165, 1.54) is 0 Å². The summed E-state index contributed by atoms with van der Waals surface area (Å²) < 4.78 is 0. The Morgan fingerprint density at radius 2 is 2.19 bits per heavy atom. The number of alkyl halides is 1. The van der Waals surface area contributed by atoms with Crippen molar-refractivity contribution in [3.63, 3.8) is 0 Å². The SMILES string of the molecule is CC(Cl)C(=O)NC(CO)Cc1ccncc1. The summed E-state index contributed by atoms with van der Waals surface area (Å²) in [5.41, 5.74) is 1.01. The number of carbonyl (C=O) groups is 1. The molecule has 0 aromatic carbocycles. The first kappa shape index (κ1) is 12.9. The number of aromatic nitrogens is 1. The highest BCUT2D eigenvalue weighted by Gasteiger charge is 2.15. The van der Waals surface area contributed by atoms with Crippen LogP contribution in [0.3, 0.4) is 0 Å². The van der Waals surface area contributed by atoms with E-state index in [1.807, 2.05) is 12.1 Å². The molecule has 2 N–H and O–H groups in total. The number of aliphatic hydroxyl groups excluding tert-OH is 1. The third kappa shape index (κ3) is 4.16. The molecular weight excluding hydrogens is 228 g/mol. The van der Waals surface area contributed by atoms with E-state index in [2.05, 4.69) is 10.3 Å². The van der Waals surface area contributed by atoms with Gasteiger partial charge in [-0.05, 0) is 31.0 Å². The molecule has 0 fully saturated rings. The molecule has 1 aromatic rings. The molecule has 0 spiro atoms. The van der Waals surface area contributed by atoms with Gasteiger partial charge in [-0.25, -0.2) is 0 Å². The summed E-state index contributed by atoms with van der Waals surface area (Å²) >= 11 is 5.63. The molecule has 0 bridgehead atoms. The number of amides is 1. The lowest BCUT2D eigenvalue weighted by atomic mass is 10.1. The topological polar surface area (TPSA) is 62.2 Å². The second-order valence-corrected chi connectivity index (χ2v) is 4.22. The van der Waals surface area contributed by atoms with E-state index in [-0.39, 0.29) is 18.6 Å². The number of aliphatic hydroxyl groups is 1. The van der Waals surface area contributed by atoms with Gasteiger partial charge in [0.15, 0.2) is 0 Å². The molecule has 4 nitrogen and oxygen atoms in total. The first-order valence-corrected chi connectivity index (χ1v) is 5.51. The monoisotopic (exact) mass is 242 g/mol. The van der Waals surface area contributed by atoms with Crippen LogP contribution in [0.4, 0.5) is 0 Å².